The molecule has 0 aliphatic heterocycles. The number of carbonyl (C=O) groups is 1. The Morgan fingerprint density at radius 2 is 1.87 bits per heavy atom. The van der Waals surface area contributed by atoms with E-state index in [1.165, 1.54) is 0 Å². The normalized spacial score (nSPS) is 12.9. The van der Waals surface area contributed by atoms with Crippen molar-refractivity contribution in [2.24, 2.45) is 0 Å². The molecule has 0 bridgehead atoms. The molecule has 0 aromatic rings. The summed E-state index contributed by atoms with van der Waals surface area (Å²) in [6.07, 6.45) is 0.286. The molecule has 2 N–H and O–H groups in total. The van der Waals surface area contributed by atoms with E-state index in [-0.39, 0.29) is 31.6 Å². The van der Waals surface area contributed by atoms with Crippen LogP contribution >= 0.6 is 0 Å². The fraction of sp³-hybridized carbons (Fsp3) is 0.900. The van der Waals surface area contributed by atoms with Gasteiger partial charge in [0.05, 0.1) is 26.2 Å². The van der Waals surface area contributed by atoms with Gasteiger partial charge in [-0.3, -0.25) is 9.69 Å². The topological polar surface area (TPSA) is 70.0 Å². The first-order valence-electron chi connectivity index (χ1n) is 5.27. The van der Waals surface area contributed by atoms with E-state index >= 15 is 0 Å². The Morgan fingerprint density at radius 3 is 2.27 bits per heavy atom. The van der Waals surface area contributed by atoms with Crippen molar-refractivity contribution in [3.8, 4) is 0 Å². The number of esters is 1. The van der Waals surface area contributed by atoms with Gasteiger partial charge in [-0.25, -0.2) is 0 Å². The van der Waals surface area contributed by atoms with E-state index in [2.05, 4.69) is 0 Å². The molecule has 0 rings (SSSR count). The Hall–Kier alpha value is -0.650. The van der Waals surface area contributed by atoms with E-state index in [0.717, 1.165) is 0 Å². The molecule has 1 atom stereocenters. The largest absolute Gasteiger partial charge is 0.466 e. The van der Waals surface area contributed by atoms with Crippen molar-refractivity contribution in [1.29, 1.82) is 0 Å². The first-order chi connectivity index (χ1) is 7.15. The third kappa shape index (κ3) is 6.43. The van der Waals surface area contributed by atoms with Crippen LogP contribution in [0, 0.1) is 0 Å². The molecule has 0 spiro atoms. The average Bonchev–Trinajstić information content (AvgIpc) is 2.17. The van der Waals surface area contributed by atoms with E-state index in [1.54, 1.807) is 6.92 Å². The molecule has 0 aliphatic rings. The highest BCUT2D eigenvalue weighted by Crippen LogP contribution is 2.04. The smallest absolute Gasteiger partial charge is 0.307 e. The molecule has 1 unspecified atom stereocenters. The van der Waals surface area contributed by atoms with E-state index < -0.39 is 0 Å². The average molecular weight is 219 g/mol. The Bertz CT molecular complexity index is 169. The van der Waals surface area contributed by atoms with Gasteiger partial charge in [-0.05, 0) is 13.8 Å². The van der Waals surface area contributed by atoms with Crippen molar-refractivity contribution in [3.05, 3.63) is 0 Å². The Morgan fingerprint density at radius 1 is 1.33 bits per heavy atom. The summed E-state index contributed by atoms with van der Waals surface area (Å²) >= 11 is 0. The van der Waals surface area contributed by atoms with Gasteiger partial charge in [0, 0.05) is 19.1 Å². The molecule has 0 fully saturated rings. The third-order valence-electron chi connectivity index (χ3n) is 2.17. The highest BCUT2D eigenvalue weighted by molar-refractivity contribution is 5.70. The van der Waals surface area contributed by atoms with Crippen LogP contribution in [0.5, 0.6) is 0 Å². The molecular weight excluding hydrogens is 198 g/mol. The lowest BCUT2D eigenvalue weighted by molar-refractivity contribution is -0.144. The first-order valence-corrected chi connectivity index (χ1v) is 5.27. The number of rotatable bonds is 8. The Kier molecular flexibility index (Phi) is 8.27. The van der Waals surface area contributed by atoms with Crippen molar-refractivity contribution in [2.75, 3.05) is 32.9 Å². The van der Waals surface area contributed by atoms with E-state index in [4.69, 9.17) is 14.9 Å². The molecule has 5 heteroatoms. The van der Waals surface area contributed by atoms with Crippen LogP contribution in [0.1, 0.15) is 20.3 Å². The van der Waals surface area contributed by atoms with Crippen LogP contribution < -0.4 is 0 Å². The Balaban J connectivity index is 3.99. The zero-order valence-corrected chi connectivity index (χ0v) is 9.48. The molecular formula is C10H21NO4. The molecule has 5 nitrogen and oxygen atoms in total. The zero-order chi connectivity index (χ0) is 11.7. The van der Waals surface area contributed by atoms with Crippen molar-refractivity contribution >= 4 is 5.97 Å². The van der Waals surface area contributed by atoms with Crippen LogP contribution in [0.15, 0.2) is 0 Å². The van der Waals surface area contributed by atoms with Gasteiger partial charge in [-0.15, -0.1) is 0 Å². The minimum absolute atomic E-state index is 0.0210. The summed E-state index contributed by atoms with van der Waals surface area (Å²) in [7, 11) is 0. The SMILES string of the molecule is CCOC(=O)CC(C)N(CCO)CCO. The number of carbonyl (C=O) groups excluding carboxylic acids is 1. The van der Waals surface area contributed by atoms with E-state index in [0.29, 0.717) is 19.7 Å². The highest BCUT2D eigenvalue weighted by Gasteiger charge is 2.16. The maximum atomic E-state index is 11.2. The maximum Gasteiger partial charge on any atom is 0.307 e. The number of aliphatic hydroxyl groups is 2. The standard InChI is InChI=1S/C10H21NO4/c1-3-15-10(14)8-9(2)11(4-6-12)5-7-13/h9,12-13H,3-8H2,1-2H3. The lowest BCUT2D eigenvalue weighted by atomic mass is 10.2. The molecule has 0 aromatic heterocycles. The molecule has 0 amide bonds. The summed E-state index contributed by atoms with van der Waals surface area (Å²) in [5.41, 5.74) is 0. The molecule has 0 saturated heterocycles. The number of hydrogen-bond acceptors (Lipinski definition) is 5. The first kappa shape index (κ1) is 14.3. The highest BCUT2D eigenvalue weighted by atomic mass is 16.5. The van der Waals surface area contributed by atoms with Gasteiger partial charge in [-0.2, -0.15) is 0 Å². The van der Waals surface area contributed by atoms with Crippen LogP contribution in [-0.2, 0) is 9.53 Å². The Labute approximate surface area is 90.6 Å². The van der Waals surface area contributed by atoms with E-state index in [1.807, 2.05) is 11.8 Å². The monoisotopic (exact) mass is 219 g/mol. The summed E-state index contributed by atoms with van der Waals surface area (Å²) in [4.78, 5) is 13.1. The van der Waals surface area contributed by atoms with Gasteiger partial charge in [0.2, 0.25) is 0 Å². The van der Waals surface area contributed by atoms with Crippen LogP contribution in [0.3, 0.4) is 0 Å². The van der Waals surface area contributed by atoms with Crippen molar-refractivity contribution < 1.29 is 19.7 Å². The molecule has 0 saturated carbocycles. The van der Waals surface area contributed by atoms with Gasteiger partial charge in [0.15, 0.2) is 0 Å². The molecule has 90 valence electrons. The van der Waals surface area contributed by atoms with E-state index in [9.17, 15) is 4.79 Å². The predicted molar refractivity (Wildman–Crippen MR) is 56.5 cm³/mol. The summed E-state index contributed by atoms with van der Waals surface area (Å²) in [5.74, 6) is -0.245. The summed E-state index contributed by atoms with van der Waals surface area (Å²) in [5, 5.41) is 17.6. The minimum Gasteiger partial charge on any atom is -0.466 e. The maximum absolute atomic E-state index is 11.2. The zero-order valence-electron chi connectivity index (χ0n) is 9.48. The number of nitrogens with zero attached hydrogens (tertiary/aromatic N) is 1. The second-order valence-corrected chi connectivity index (χ2v) is 3.34. The summed E-state index contributed by atoms with van der Waals surface area (Å²) in [6, 6.07) is -0.0247. The predicted octanol–water partition coefficient (Wildman–Crippen LogP) is -0.385. The third-order valence-corrected chi connectivity index (χ3v) is 2.17. The summed E-state index contributed by atoms with van der Waals surface area (Å²) < 4.78 is 4.83. The second-order valence-electron chi connectivity index (χ2n) is 3.34. The van der Waals surface area contributed by atoms with Crippen LogP contribution in [0.4, 0.5) is 0 Å². The number of hydrogen-bond donors (Lipinski definition) is 2. The van der Waals surface area contributed by atoms with Gasteiger partial charge >= 0.3 is 5.97 Å². The lowest BCUT2D eigenvalue weighted by Gasteiger charge is -2.26. The van der Waals surface area contributed by atoms with Gasteiger partial charge in [-0.1, -0.05) is 0 Å². The number of aliphatic hydroxyl groups excluding tert-OH is 2. The van der Waals surface area contributed by atoms with Gasteiger partial charge in [0.25, 0.3) is 0 Å². The molecule has 0 radical (unpaired) electrons. The van der Waals surface area contributed by atoms with Gasteiger partial charge in [0.1, 0.15) is 0 Å². The van der Waals surface area contributed by atoms with Crippen LogP contribution in [-0.4, -0.2) is 60.0 Å². The van der Waals surface area contributed by atoms with Gasteiger partial charge < -0.3 is 14.9 Å². The van der Waals surface area contributed by atoms with Crippen molar-refractivity contribution in [3.63, 3.8) is 0 Å². The van der Waals surface area contributed by atoms with Crippen LogP contribution in [0.25, 0.3) is 0 Å². The fourth-order valence-corrected chi connectivity index (χ4v) is 1.40. The minimum atomic E-state index is -0.245. The summed E-state index contributed by atoms with van der Waals surface area (Å²) in [6.45, 7) is 4.98. The molecule has 15 heavy (non-hydrogen) atoms. The fourth-order valence-electron chi connectivity index (χ4n) is 1.40. The molecule has 0 heterocycles. The van der Waals surface area contributed by atoms with Crippen molar-refractivity contribution in [1.82, 2.24) is 4.90 Å². The van der Waals surface area contributed by atoms with Crippen LogP contribution in [0.2, 0.25) is 0 Å². The quantitative estimate of drug-likeness (QED) is 0.544. The molecule has 0 aromatic carbocycles. The second kappa shape index (κ2) is 8.64. The molecule has 0 aliphatic carbocycles. The lowest BCUT2D eigenvalue weighted by Crippen LogP contribution is -2.39. The van der Waals surface area contributed by atoms with Crippen molar-refractivity contribution in [2.45, 2.75) is 26.3 Å². The number of ether oxygens (including phenoxy) is 1.